The summed E-state index contributed by atoms with van der Waals surface area (Å²) in [5, 5.41) is 17.4. The standard InChI is InChI=1S/C13H16N4O2/c1-16-7-4-9(5-8-16)11-14-15-12-10(13(18)19)3-2-6-17(11)12/h2-3,6,9H,4-5,7-8H2,1H3,(H,18,19). The third-order valence-corrected chi connectivity index (χ3v) is 3.78. The fraction of sp³-hybridized carbons (Fsp3) is 0.462. The lowest BCUT2D eigenvalue weighted by Crippen LogP contribution is -2.29. The van der Waals surface area contributed by atoms with Crippen LogP contribution >= 0.6 is 0 Å². The lowest BCUT2D eigenvalue weighted by atomic mass is 9.96. The van der Waals surface area contributed by atoms with E-state index in [0.29, 0.717) is 11.6 Å². The van der Waals surface area contributed by atoms with Crippen LogP contribution in [0.1, 0.15) is 34.9 Å². The Morgan fingerprint density at radius 3 is 2.79 bits per heavy atom. The molecule has 1 N–H and O–H groups in total. The number of carboxylic acid groups (broad SMARTS) is 1. The molecule has 1 aliphatic rings. The lowest BCUT2D eigenvalue weighted by molar-refractivity contribution is 0.0698. The van der Waals surface area contributed by atoms with Crippen molar-refractivity contribution in [1.82, 2.24) is 19.5 Å². The first-order chi connectivity index (χ1) is 9.16. The summed E-state index contributed by atoms with van der Waals surface area (Å²) >= 11 is 0. The van der Waals surface area contributed by atoms with Gasteiger partial charge in [0.05, 0.1) is 0 Å². The number of likely N-dealkylation sites (tertiary alicyclic amines) is 1. The molecule has 3 heterocycles. The van der Waals surface area contributed by atoms with Gasteiger partial charge in [-0.2, -0.15) is 0 Å². The smallest absolute Gasteiger partial charge is 0.339 e. The summed E-state index contributed by atoms with van der Waals surface area (Å²) in [7, 11) is 2.11. The number of hydrogen-bond acceptors (Lipinski definition) is 4. The van der Waals surface area contributed by atoms with E-state index in [9.17, 15) is 4.79 Å². The predicted molar refractivity (Wildman–Crippen MR) is 69.4 cm³/mol. The Hall–Kier alpha value is -1.95. The highest BCUT2D eigenvalue weighted by molar-refractivity contribution is 5.94. The van der Waals surface area contributed by atoms with Gasteiger partial charge in [-0.15, -0.1) is 10.2 Å². The number of hydrogen-bond donors (Lipinski definition) is 1. The molecule has 0 atom stereocenters. The van der Waals surface area contributed by atoms with Crippen LogP contribution in [0.25, 0.3) is 5.65 Å². The molecular weight excluding hydrogens is 244 g/mol. The highest BCUT2D eigenvalue weighted by atomic mass is 16.4. The second-order valence-corrected chi connectivity index (χ2v) is 5.06. The zero-order chi connectivity index (χ0) is 13.4. The monoisotopic (exact) mass is 260 g/mol. The van der Waals surface area contributed by atoms with Crippen molar-refractivity contribution >= 4 is 11.6 Å². The van der Waals surface area contributed by atoms with Gasteiger partial charge in [0.25, 0.3) is 0 Å². The summed E-state index contributed by atoms with van der Waals surface area (Å²) in [4.78, 5) is 13.4. The van der Waals surface area contributed by atoms with E-state index in [-0.39, 0.29) is 5.56 Å². The van der Waals surface area contributed by atoms with Crippen LogP contribution < -0.4 is 0 Å². The van der Waals surface area contributed by atoms with E-state index in [1.165, 1.54) is 0 Å². The molecule has 3 rings (SSSR count). The second-order valence-electron chi connectivity index (χ2n) is 5.06. The predicted octanol–water partition coefficient (Wildman–Crippen LogP) is 1.24. The van der Waals surface area contributed by atoms with E-state index in [4.69, 9.17) is 5.11 Å². The molecular formula is C13H16N4O2. The van der Waals surface area contributed by atoms with E-state index in [1.54, 1.807) is 12.1 Å². The molecule has 2 aromatic rings. The van der Waals surface area contributed by atoms with Crippen molar-refractivity contribution in [2.75, 3.05) is 20.1 Å². The minimum atomic E-state index is -0.965. The molecule has 0 radical (unpaired) electrons. The van der Waals surface area contributed by atoms with Crippen molar-refractivity contribution in [3.05, 3.63) is 29.7 Å². The van der Waals surface area contributed by atoms with Crippen LogP contribution in [-0.2, 0) is 0 Å². The van der Waals surface area contributed by atoms with Gasteiger partial charge in [-0.05, 0) is 45.1 Å². The average molecular weight is 260 g/mol. The lowest BCUT2D eigenvalue weighted by Gasteiger charge is -2.27. The molecule has 2 aromatic heterocycles. The zero-order valence-corrected chi connectivity index (χ0v) is 10.8. The van der Waals surface area contributed by atoms with Crippen LogP contribution in [0.2, 0.25) is 0 Å². The van der Waals surface area contributed by atoms with Crippen molar-refractivity contribution in [3.63, 3.8) is 0 Å². The number of piperidine rings is 1. The normalized spacial score (nSPS) is 17.9. The van der Waals surface area contributed by atoms with Crippen molar-refractivity contribution in [1.29, 1.82) is 0 Å². The average Bonchev–Trinajstić information content (AvgIpc) is 2.83. The number of aromatic carboxylic acids is 1. The van der Waals surface area contributed by atoms with E-state index in [1.807, 2.05) is 10.6 Å². The van der Waals surface area contributed by atoms with Crippen LogP contribution in [-0.4, -0.2) is 50.7 Å². The molecule has 0 aliphatic carbocycles. The first-order valence-corrected chi connectivity index (χ1v) is 6.42. The zero-order valence-electron chi connectivity index (χ0n) is 10.8. The van der Waals surface area contributed by atoms with Gasteiger partial charge in [-0.3, -0.25) is 4.40 Å². The molecule has 1 fully saturated rings. The SMILES string of the molecule is CN1CCC(c2nnc3c(C(=O)O)cccn23)CC1. The fourth-order valence-electron chi connectivity index (χ4n) is 2.65. The van der Waals surface area contributed by atoms with Gasteiger partial charge in [0.1, 0.15) is 11.4 Å². The summed E-state index contributed by atoms with van der Waals surface area (Å²) in [6.07, 6.45) is 3.92. The molecule has 6 heteroatoms. The van der Waals surface area contributed by atoms with Gasteiger partial charge in [0.2, 0.25) is 0 Å². The number of aromatic nitrogens is 3. The summed E-state index contributed by atoms with van der Waals surface area (Å²) in [6.45, 7) is 2.08. The maximum absolute atomic E-state index is 11.2. The number of nitrogens with zero attached hydrogens (tertiary/aromatic N) is 4. The van der Waals surface area contributed by atoms with E-state index in [0.717, 1.165) is 31.8 Å². The summed E-state index contributed by atoms with van der Waals surface area (Å²) < 4.78 is 1.82. The Labute approximate surface area is 110 Å². The van der Waals surface area contributed by atoms with Crippen molar-refractivity contribution in [2.45, 2.75) is 18.8 Å². The maximum atomic E-state index is 11.2. The Kier molecular flexibility index (Phi) is 2.94. The first-order valence-electron chi connectivity index (χ1n) is 6.42. The third kappa shape index (κ3) is 2.08. The molecule has 1 aliphatic heterocycles. The maximum Gasteiger partial charge on any atom is 0.339 e. The summed E-state index contributed by atoms with van der Waals surface area (Å²) in [5.41, 5.74) is 0.637. The number of rotatable bonds is 2. The highest BCUT2D eigenvalue weighted by Gasteiger charge is 2.24. The first kappa shape index (κ1) is 12.1. The Balaban J connectivity index is 2.01. The molecule has 100 valence electrons. The minimum Gasteiger partial charge on any atom is -0.478 e. The van der Waals surface area contributed by atoms with Crippen molar-refractivity contribution in [2.24, 2.45) is 0 Å². The number of pyridine rings is 1. The van der Waals surface area contributed by atoms with Gasteiger partial charge in [-0.1, -0.05) is 0 Å². The van der Waals surface area contributed by atoms with E-state index in [2.05, 4.69) is 22.1 Å². The van der Waals surface area contributed by atoms with Gasteiger partial charge < -0.3 is 10.0 Å². The Bertz CT molecular complexity index is 614. The minimum absolute atomic E-state index is 0.203. The van der Waals surface area contributed by atoms with E-state index < -0.39 is 5.97 Å². The molecule has 0 spiro atoms. The Morgan fingerprint density at radius 1 is 1.37 bits per heavy atom. The molecule has 0 aromatic carbocycles. The number of carboxylic acids is 1. The van der Waals surface area contributed by atoms with Crippen molar-refractivity contribution < 1.29 is 9.90 Å². The number of fused-ring (bicyclic) bond motifs is 1. The number of carbonyl (C=O) groups is 1. The van der Waals surface area contributed by atoms with Gasteiger partial charge >= 0.3 is 5.97 Å². The van der Waals surface area contributed by atoms with Crippen LogP contribution in [0, 0.1) is 0 Å². The molecule has 6 nitrogen and oxygen atoms in total. The molecule has 19 heavy (non-hydrogen) atoms. The van der Waals surface area contributed by atoms with Gasteiger partial charge in [0.15, 0.2) is 5.65 Å². The molecule has 0 bridgehead atoms. The summed E-state index contributed by atoms with van der Waals surface area (Å²) in [5.74, 6) is 0.273. The molecule has 1 saturated heterocycles. The molecule has 0 unspecified atom stereocenters. The molecule has 0 amide bonds. The van der Waals surface area contributed by atoms with Crippen LogP contribution in [0.4, 0.5) is 0 Å². The van der Waals surface area contributed by atoms with E-state index >= 15 is 0 Å². The Morgan fingerprint density at radius 2 is 2.11 bits per heavy atom. The van der Waals surface area contributed by atoms with Crippen LogP contribution in [0.3, 0.4) is 0 Å². The van der Waals surface area contributed by atoms with Crippen molar-refractivity contribution in [3.8, 4) is 0 Å². The van der Waals surface area contributed by atoms with Crippen LogP contribution in [0.15, 0.2) is 18.3 Å². The topological polar surface area (TPSA) is 70.7 Å². The third-order valence-electron chi connectivity index (χ3n) is 3.78. The van der Waals surface area contributed by atoms with Crippen LogP contribution in [0.5, 0.6) is 0 Å². The summed E-state index contributed by atoms with van der Waals surface area (Å²) in [6, 6.07) is 3.29. The fourth-order valence-corrected chi connectivity index (χ4v) is 2.65. The quantitative estimate of drug-likeness (QED) is 0.879. The molecule has 0 saturated carbocycles. The second kappa shape index (κ2) is 4.62. The van der Waals surface area contributed by atoms with Gasteiger partial charge in [-0.25, -0.2) is 4.79 Å². The van der Waals surface area contributed by atoms with Gasteiger partial charge in [0, 0.05) is 12.1 Å². The largest absolute Gasteiger partial charge is 0.478 e. The highest BCUT2D eigenvalue weighted by Crippen LogP contribution is 2.26.